The lowest BCUT2D eigenvalue weighted by Gasteiger charge is -2.11. The number of rotatable bonds is 2. The second kappa shape index (κ2) is 4.04. The Bertz CT molecular complexity index is 497. The Labute approximate surface area is 93.2 Å². The highest BCUT2D eigenvalue weighted by Crippen LogP contribution is 2.37. The van der Waals surface area contributed by atoms with Gasteiger partial charge in [0.05, 0.1) is 10.5 Å². The maximum Gasteiger partial charge on any atom is 0.417 e. The van der Waals surface area contributed by atoms with E-state index in [2.05, 4.69) is 0 Å². The van der Waals surface area contributed by atoms with Gasteiger partial charge in [-0.2, -0.15) is 13.2 Å². The topological polar surface area (TPSA) is 86.2 Å². The van der Waals surface area contributed by atoms with Crippen molar-refractivity contribution in [3.05, 3.63) is 33.4 Å². The second-order valence-corrected chi connectivity index (χ2v) is 3.27. The number of nitro groups is 1. The molecule has 0 bridgehead atoms. The second-order valence-electron chi connectivity index (χ2n) is 3.27. The minimum absolute atomic E-state index is 0.270. The SMILES string of the molecule is CC(=O)c1cc(N)c([N+](=O)[O-])cc1C(F)(F)F. The van der Waals surface area contributed by atoms with Gasteiger partial charge in [0.1, 0.15) is 5.69 Å². The molecule has 0 unspecified atom stereocenters. The monoisotopic (exact) mass is 248 g/mol. The molecular weight excluding hydrogens is 241 g/mol. The zero-order chi connectivity index (χ0) is 13.4. The van der Waals surface area contributed by atoms with Crippen LogP contribution < -0.4 is 5.73 Å². The van der Waals surface area contributed by atoms with Crippen LogP contribution in [-0.2, 0) is 6.18 Å². The van der Waals surface area contributed by atoms with E-state index in [9.17, 15) is 28.1 Å². The highest BCUT2D eigenvalue weighted by atomic mass is 19.4. The Morgan fingerprint density at radius 2 is 1.94 bits per heavy atom. The summed E-state index contributed by atoms with van der Waals surface area (Å²) in [6.07, 6.45) is -4.85. The summed E-state index contributed by atoms with van der Waals surface area (Å²) in [6, 6.07) is 0.940. The number of carbonyl (C=O) groups is 1. The summed E-state index contributed by atoms with van der Waals surface area (Å²) in [5, 5.41) is 10.5. The molecule has 0 aromatic heterocycles. The van der Waals surface area contributed by atoms with Crippen LogP contribution in [0.2, 0.25) is 0 Å². The number of nitrogen functional groups attached to an aromatic ring is 1. The van der Waals surface area contributed by atoms with Crippen molar-refractivity contribution in [2.75, 3.05) is 5.73 Å². The van der Waals surface area contributed by atoms with Gasteiger partial charge in [0.25, 0.3) is 5.69 Å². The number of hydrogen-bond donors (Lipinski definition) is 1. The molecule has 0 aliphatic rings. The normalized spacial score (nSPS) is 11.3. The minimum atomic E-state index is -4.85. The van der Waals surface area contributed by atoms with Crippen LogP contribution in [0.4, 0.5) is 24.5 Å². The summed E-state index contributed by atoms with van der Waals surface area (Å²) in [4.78, 5) is 20.4. The number of alkyl halides is 3. The number of hydrogen-bond acceptors (Lipinski definition) is 4. The number of carbonyl (C=O) groups excluding carboxylic acids is 1. The smallest absolute Gasteiger partial charge is 0.393 e. The van der Waals surface area contributed by atoms with Crippen molar-refractivity contribution in [1.29, 1.82) is 0 Å². The third kappa shape index (κ3) is 2.52. The van der Waals surface area contributed by atoms with Gasteiger partial charge in [-0.15, -0.1) is 0 Å². The highest BCUT2D eigenvalue weighted by molar-refractivity contribution is 5.97. The number of anilines is 1. The molecular formula is C9H7F3N2O3. The van der Waals surface area contributed by atoms with Crippen LogP contribution in [0.15, 0.2) is 12.1 Å². The Hall–Kier alpha value is -2.12. The lowest BCUT2D eigenvalue weighted by Crippen LogP contribution is -2.13. The fourth-order valence-corrected chi connectivity index (χ4v) is 1.29. The fourth-order valence-electron chi connectivity index (χ4n) is 1.29. The first-order valence-corrected chi connectivity index (χ1v) is 4.30. The first-order valence-electron chi connectivity index (χ1n) is 4.30. The van der Waals surface area contributed by atoms with Crippen molar-refractivity contribution in [3.63, 3.8) is 0 Å². The van der Waals surface area contributed by atoms with E-state index in [1.165, 1.54) is 0 Å². The number of ketones is 1. The van der Waals surface area contributed by atoms with Gasteiger partial charge in [-0.1, -0.05) is 0 Å². The summed E-state index contributed by atoms with van der Waals surface area (Å²) in [6.45, 7) is 0.926. The lowest BCUT2D eigenvalue weighted by atomic mass is 10.0. The molecule has 0 amide bonds. The molecule has 0 heterocycles. The van der Waals surface area contributed by atoms with E-state index < -0.39 is 39.4 Å². The number of nitrogens with two attached hydrogens (primary N) is 1. The molecule has 0 aliphatic heterocycles. The van der Waals surface area contributed by atoms with Gasteiger partial charge >= 0.3 is 6.18 Å². The van der Waals surface area contributed by atoms with Gasteiger partial charge in [-0.05, 0) is 13.0 Å². The summed E-state index contributed by atoms with van der Waals surface area (Å²) >= 11 is 0. The molecule has 1 aromatic rings. The first kappa shape index (κ1) is 12.9. The van der Waals surface area contributed by atoms with E-state index in [1.807, 2.05) is 0 Å². The van der Waals surface area contributed by atoms with Crippen molar-refractivity contribution in [2.24, 2.45) is 0 Å². The molecule has 0 fully saturated rings. The maximum absolute atomic E-state index is 12.6. The molecule has 0 saturated heterocycles. The average Bonchev–Trinajstić information content (AvgIpc) is 2.14. The van der Waals surface area contributed by atoms with E-state index in [0.29, 0.717) is 6.07 Å². The van der Waals surface area contributed by atoms with Gasteiger partial charge in [0, 0.05) is 11.6 Å². The van der Waals surface area contributed by atoms with Crippen molar-refractivity contribution in [1.82, 2.24) is 0 Å². The van der Waals surface area contributed by atoms with E-state index >= 15 is 0 Å². The maximum atomic E-state index is 12.6. The average molecular weight is 248 g/mol. The molecule has 0 atom stereocenters. The molecule has 5 nitrogen and oxygen atoms in total. The number of benzene rings is 1. The van der Waals surface area contributed by atoms with E-state index in [0.717, 1.165) is 6.92 Å². The van der Waals surface area contributed by atoms with E-state index in [4.69, 9.17) is 5.73 Å². The zero-order valence-corrected chi connectivity index (χ0v) is 8.54. The number of Topliss-reactive ketones (excluding diaryl/α,β-unsaturated/α-hetero) is 1. The molecule has 17 heavy (non-hydrogen) atoms. The predicted molar refractivity (Wildman–Crippen MR) is 52.5 cm³/mol. The van der Waals surface area contributed by atoms with Gasteiger partial charge < -0.3 is 5.73 Å². The van der Waals surface area contributed by atoms with Gasteiger partial charge in [0.15, 0.2) is 5.78 Å². The Morgan fingerprint density at radius 3 is 2.29 bits per heavy atom. The van der Waals surface area contributed by atoms with Gasteiger partial charge in [-0.3, -0.25) is 14.9 Å². The first-order chi connectivity index (χ1) is 7.64. The van der Waals surface area contributed by atoms with Crippen molar-refractivity contribution < 1.29 is 22.9 Å². The standard InChI is InChI=1S/C9H7F3N2O3/c1-4(15)5-2-7(13)8(14(16)17)3-6(5)9(10,11)12/h2-3H,13H2,1H3. The molecule has 1 aromatic carbocycles. The molecule has 0 aliphatic carbocycles. The number of nitrogens with zero attached hydrogens (tertiary/aromatic N) is 1. The van der Waals surface area contributed by atoms with Crippen LogP contribution >= 0.6 is 0 Å². The molecule has 0 saturated carbocycles. The Morgan fingerprint density at radius 1 is 1.41 bits per heavy atom. The Balaban J connectivity index is 3.60. The number of nitro benzene ring substituents is 1. The van der Waals surface area contributed by atoms with Crippen LogP contribution in [0.5, 0.6) is 0 Å². The van der Waals surface area contributed by atoms with Crippen LogP contribution in [0.1, 0.15) is 22.8 Å². The van der Waals surface area contributed by atoms with E-state index in [1.54, 1.807) is 0 Å². The highest BCUT2D eigenvalue weighted by Gasteiger charge is 2.37. The molecule has 1 rings (SSSR count). The predicted octanol–water partition coefficient (Wildman–Crippen LogP) is 2.40. The lowest BCUT2D eigenvalue weighted by molar-refractivity contribution is -0.384. The fraction of sp³-hybridized carbons (Fsp3) is 0.222. The third-order valence-corrected chi connectivity index (χ3v) is 2.05. The molecule has 0 spiro atoms. The van der Waals surface area contributed by atoms with Crippen molar-refractivity contribution in [2.45, 2.75) is 13.1 Å². The summed E-state index contributed by atoms with van der Waals surface area (Å²) < 4.78 is 37.7. The van der Waals surface area contributed by atoms with Crippen LogP contribution in [-0.4, -0.2) is 10.7 Å². The quantitative estimate of drug-likeness (QED) is 0.377. The summed E-state index contributed by atoms with van der Waals surface area (Å²) in [5.41, 5.74) is 1.82. The summed E-state index contributed by atoms with van der Waals surface area (Å²) in [7, 11) is 0. The van der Waals surface area contributed by atoms with Crippen LogP contribution in [0.3, 0.4) is 0 Å². The van der Waals surface area contributed by atoms with Gasteiger partial charge in [0.2, 0.25) is 0 Å². The molecule has 2 N–H and O–H groups in total. The minimum Gasteiger partial charge on any atom is -0.393 e. The van der Waals surface area contributed by atoms with Crippen molar-refractivity contribution >= 4 is 17.2 Å². The van der Waals surface area contributed by atoms with Crippen LogP contribution in [0, 0.1) is 10.1 Å². The van der Waals surface area contributed by atoms with Crippen LogP contribution in [0.25, 0.3) is 0 Å². The zero-order valence-electron chi connectivity index (χ0n) is 8.54. The third-order valence-electron chi connectivity index (χ3n) is 2.05. The van der Waals surface area contributed by atoms with E-state index in [-0.39, 0.29) is 6.07 Å². The number of halogens is 3. The Kier molecular flexibility index (Phi) is 3.08. The van der Waals surface area contributed by atoms with Gasteiger partial charge in [-0.25, -0.2) is 0 Å². The molecule has 92 valence electrons. The largest absolute Gasteiger partial charge is 0.417 e. The van der Waals surface area contributed by atoms with Crippen molar-refractivity contribution in [3.8, 4) is 0 Å². The summed E-state index contributed by atoms with van der Waals surface area (Å²) in [5.74, 6) is -0.862. The molecule has 8 heteroatoms. The molecule has 0 radical (unpaired) electrons.